The van der Waals surface area contributed by atoms with Crippen LogP contribution in [0.3, 0.4) is 0 Å². The van der Waals surface area contributed by atoms with Crippen molar-refractivity contribution in [1.82, 2.24) is 0 Å². The topological polar surface area (TPSA) is 47.6 Å². The zero-order valence-corrected chi connectivity index (χ0v) is 12.7. The van der Waals surface area contributed by atoms with Gasteiger partial charge in [0.2, 0.25) is 5.91 Å². The van der Waals surface area contributed by atoms with E-state index in [2.05, 4.69) is 5.32 Å². The number of hydrogen-bond acceptors (Lipinski definition) is 3. The third kappa shape index (κ3) is 5.48. The van der Waals surface area contributed by atoms with Gasteiger partial charge in [0.05, 0.1) is 13.2 Å². The van der Waals surface area contributed by atoms with Gasteiger partial charge in [-0.15, -0.1) is 0 Å². The van der Waals surface area contributed by atoms with Crippen molar-refractivity contribution in [3.8, 4) is 11.5 Å². The van der Waals surface area contributed by atoms with Crippen molar-refractivity contribution >= 4 is 11.6 Å². The van der Waals surface area contributed by atoms with Gasteiger partial charge >= 0.3 is 0 Å². The minimum Gasteiger partial charge on any atom is -0.494 e. The summed E-state index contributed by atoms with van der Waals surface area (Å²) in [5.74, 6) is 1.62. The Morgan fingerprint density at radius 1 is 0.955 bits per heavy atom. The van der Waals surface area contributed by atoms with Crippen molar-refractivity contribution in [2.45, 2.75) is 19.8 Å². The average molecular weight is 299 g/mol. The van der Waals surface area contributed by atoms with Gasteiger partial charge < -0.3 is 14.8 Å². The second kappa shape index (κ2) is 8.72. The average Bonchev–Trinajstić information content (AvgIpc) is 2.55. The summed E-state index contributed by atoms with van der Waals surface area (Å²) in [6, 6.07) is 17.0. The molecule has 2 rings (SSSR count). The number of nitrogens with one attached hydrogen (secondary N) is 1. The maximum atomic E-state index is 11.8. The Labute approximate surface area is 131 Å². The standard InChI is InChI=1S/C18H21NO3/c1-2-21-17-12-10-15(11-13-17)19-18(20)9-6-14-22-16-7-4-3-5-8-16/h3-5,7-8,10-13H,2,6,9,14H2,1H3,(H,19,20). The largest absolute Gasteiger partial charge is 0.494 e. The minimum absolute atomic E-state index is 0.0131. The molecule has 0 fully saturated rings. The molecule has 0 saturated carbocycles. The third-order valence-electron chi connectivity index (χ3n) is 3.01. The van der Waals surface area contributed by atoms with Crippen molar-refractivity contribution in [3.63, 3.8) is 0 Å². The zero-order valence-electron chi connectivity index (χ0n) is 12.7. The van der Waals surface area contributed by atoms with Gasteiger partial charge in [0.15, 0.2) is 0 Å². The summed E-state index contributed by atoms with van der Waals surface area (Å²) < 4.78 is 10.9. The second-order valence-electron chi connectivity index (χ2n) is 4.77. The predicted molar refractivity (Wildman–Crippen MR) is 87.4 cm³/mol. The number of carbonyl (C=O) groups is 1. The summed E-state index contributed by atoms with van der Waals surface area (Å²) in [6.45, 7) is 3.10. The molecule has 0 aliphatic rings. The SMILES string of the molecule is CCOc1ccc(NC(=O)CCCOc2ccccc2)cc1. The number of benzene rings is 2. The van der Waals surface area contributed by atoms with E-state index >= 15 is 0 Å². The Morgan fingerprint density at radius 3 is 2.32 bits per heavy atom. The molecule has 0 aliphatic heterocycles. The molecule has 116 valence electrons. The lowest BCUT2D eigenvalue weighted by Gasteiger charge is -2.08. The van der Waals surface area contributed by atoms with Crippen LogP contribution in [0.4, 0.5) is 5.69 Å². The number of para-hydroxylation sites is 1. The van der Waals surface area contributed by atoms with Crippen molar-refractivity contribution < 1.29 is 14.3 Å². The molecule has 0 spiro atoms. The van der Waals surface area contributed by atoms with Gasteiger partial charge in [-0.3, -0.25) is 4.79 Å². The van der Waals surface area contributed by atoms with E-state index < -0.39 is 0 Å². The first-order valence-electron chi connectivity index (χ1n) is 7.48. The Balaban J connectivity index is 1.67. The molecular formula is C18H21NO3. The highest BCUT2D eigenvalue weighted by Gasteiger charge is 2.03. The number of carbonyl (C=O) groups excluding carboxylic acids is 1. The number of hydrogen-bond donors (Lipinski definition) is 1. The summed E-state index contributed by atoms with van der Waals surface area (Å²) in [7, 11) is 0. The molecule has 22 heavy (non-hydrogen) atoms. The molecule has 0 heterocycles. The van der Waals surface area contributed by atoms with E-state index in [9.17, 15) is 4.79 Å². The van der Waals surface area contributed by atoms with Crippen LogP contribution in [0.25, 0.3) is 0 Å². The molecule has 0 bridgehead atoms. The Kier molecular flexibility index (Phi) is 6.30. The predicted octanol–water partition coefficient (Wildman–Crippen LogP) is 3.88. The molecule has 0 radical (unpaired) electrons. The summed E-state index contributed by atoms with van der Waals surface area (Å²) in [6.07, 6.45) is 1.11. The van der Waals surface area contributed by atoms with Crippen LogP contribution in [0.5, 0.6) is 11.5 Å². The normalized spacial score (nSPS) is 10.0. The summed E-state index contributed by atoms with van der Waals surface area (Å²) in [5, 5.41) is 2.86. The lowest BCUT2D eigenvalue weighted by atomic mass is 10.2. The molecule has 0 aliphatic carbocycles. The lowest BCUT2D eigenvalue weighted by Crippen LogP contribution is -2.12. The smallest absolute Gasteiger partial charge is 0.224 e. The summed E-state index contributed by atoms with van der Waals surface area (Å²) in [5.41, 5.74) is 0.775. The van der Waals surface area contributed by atoms with E-state index in [1.807, 2.05) is 61.5 Å². The van der Waals surface area contributed by atoms with Crippen LogP contribution in [-0.2, 0) is 4.79 Å². The summed E-state index contributed by atoms with van der Waals surface area (Å²) >= 11 is 0. The Morgan fingerprint density at radius 2 is 1.64 bits per heavy atom. The molecule has 0 atom stereocenters. The van der Waals surface area contributed by atoms with E-state index in [0.717, 1.165) is 17.2 Å². The van der Waals surface area contributed by atoms with Gasteiger partial charge in [0, 0.05) is 12.1 Å². The van der Waals surface area contributed by atoms with Crippen molar-refractivity contribution in [2.75, 3.05) is 18.5 Å². The maximum absolute atomic E-state index is 11.8. The molecular weight excluding hydrogens is 278 g/mol. The first-order chi connectivity index (χ1) is 10.8. The van der Waals surface area contributed by atoms with Crippen LogP contribution in [0, 0.1) is 0 Å². The van der Waals surface area contributed by atoms with Crippen LogP contribution >= 0.6 is 0 Å². The van der Waals surface area contributed by atoms with Gasteiger partial charge in [-0.25, -0.2) is 0 Å². The highest BCUT2D eigenvalue weighted by atomic mass is 16.5. The number of rotatable bonds is 8. The van der Waals surface area contributed by atoms with Gasteiger partial charge in [0.1, 0.15) is 11.5 Å². The van der Waals surface area contributed by atoms with E-state index in [1.165, 1.54) is 0 Å². The first kappa shape index (κ1) is 15.9. The fourth-order valence-electron chi connectivity index (χ4n) is 1.96. The van der Waals surface area contributed by atoms with E-state index in [-0.39, 0.29) is 5.91 Å². The van der Waals surface area contributed by atoms with Crippen LogP contribution in [0.2, 0.25) is 0 Å². The molecule has 1 N–H and O–H groups in total. The van der Waals surface area contributed by atoms with Gasteiger partial charge in [-0.05, 0) is 49.7 Å². The number of anilines is 1. The van der Waals surface area contributed by atoms with Crippen LogP contribution in [0.15, 0.2) is 54.6 Å². The molecule has 0 saturated heterocycles. The van der Waals surface area contributed by atoms with Crippen LogP contribution < -0.4 is 14.8 Å². The van der Waals surface area contributed by atoms with Gasteiger partial charge in [-0.2, -0.15) is 0 Å². The molecule has 2 aromatic rings. The van der Waals surface area contributed by atoms with Crippen molar-refractivity contribution in [1.29, 1.82) is 0 Å². The second-order valence-corrected chi connectivity index (χ2v) is 4.77. The highest BCUT2D eigenvalue weighted by Crippen LogP contribution is 2.16. The highest BCUT2D eigenvalue weighted by molar-refractivity contribution is 5.90. The fraction of sp³-hybridized carbons (Fsp3) is 0.278. The Bertz CT molecular complexity index is 567. The van der Waals surface area contributed by atoms with E-state index in [0.29, 0.717) is 26.1 Å². The molecule has 4 heteroatoms. The van der Waals surface area contributed by atoms with Crippen LogP contribution in [0.1, 0.15) is 19.8 Å². The van der Waals surface area contributed by atoms with Crippen molar-refractivity contribution in [2.24, 2.45) is 0 Å². The molecule has 0 unspecified atom stereocenters. The van der Waals surface area contributed by atoms with E-state index in [1.54, 1.807) is 0 Å². The number of ether oxygens (including phenoxy) is 2. The fourth-order valence-corrected chi connectivity index (χ4v) is 1.96. The van der Waals surface area contributed by atoms with Gasteiger partial charge in [-0.1, -0.05) is 18.2 Å². The maximum Gasteiger partial charge on any atom is 0.224 e. The van der Waals surface area contributed by atoms with Crippen molar-refractivity contribution in [3.05, 3.63) is 54.6 Å². The monoisotopic (exact) mass is 299 g/mol. The van der Waals surface area contributed by atoms with E-state index in [4.69, 9.17) is 9.47 Å². The molecule has 4 nitrogen and oxygen atoms in total. The third-order valence-corrected chi connectivity index (χ3v) is 3.01. The van der Waals surface area contributed by atoms with Gasteiger partial charge in [0.25, 0.3) is 0 Å². The Hall–Kier alpha value is -2.49. The molecule has 1 amide bonds. The summed E-state index contributed by atoms with van der Waals surface area (Å²) in [4.78, 5) is 11.8. The quantitative estimate of drug-likeness (QED) is 0.752. The van der Waals surface area contributed by atoms with Crippen LogP contribution in [-0.4, -0.2) is 19.1 Å². The molecule has 0 aromatic heterocycles. The lowest BCUT2D eigenvalue weighted by molar-refractivity contribution is -0.116. The first-order valence-corrected chi connectivity index (χ1v) is 7.48. The number of amides is 1. The molecule has 2 aromatic carbocycles. The zero-order chi connectivity index (χ0) is 15.6. The minimum atomic E-state index is -0.0131.